The van der Waals surface area contributed by atoms with Crippen LogP contribution in [0, 0.1) is 0 Å². The van der Waals surface area contributed by atoms with Gasteiger partial charge in [0.2, 0.25) is 0 Å². The molecule has 1 heterocycles. The molecule has 1 aliphatic heterocycles. The van der Waals surface area contributed by atoms with E-state index in [4.69, 9.17) is 0 Å². The summed E-state index contributed by atoms with van der Waals surface area (Å²) >= 11 is 2.05. The van der Waals surface area contributed by atoms with Crippen molar-refractivity contribution in [3.8, 4) is 0 Å². The SMILES string of the molecule is CSC1(CNC2CCCN(Cc3ccccc3)C2)CC1. The molecule has 1 aromatic rings. The zero-order valence-electron chi connectivity index (χ0n) is 12.5. The summed E-state index contributed by atoms with van der Waals surface area (Å²) < 4.78 is 0.585. The van der Waals surface area contributed by atoms with Gasteiger partial charge in [-0.15, -0.1) is 0 Å². The van der Waals surface area contributed by atoms with E-state index in [1.54, 1.807) is 0 Å². The third kappa shape index (κ3) is 3.78. The van der Waals surface area contributed by atoms with Crippen molar-refractivity contribution in [2.24, 2.45) is 0 Å². The summed E-state index contributed by atoms with van der Waals surface area (Å²) in [5.41, 5.74) is 1.44. The van der Waals surface area contributed by atoms with Crippen LogP contribution in [0.5, 0.6) is 0 Å². The third-order valence-electron chi connectivity index (χ3n) is 4.71. The zero-order chi connectivity index (χ0) is 13.8. The highest BCUT2D eigenvalue weighted by atomic mass is 32.2. The monoisotopic (exact) mass is 290 g/mol. The van der Waals surface area contributed by atoms with Crippen molar-refractivity contribution < 1.29 is 0 Å². The number of hydrogen-bond donors (Lipinski definition) is 1. The van der Waals surface area contributed by atoms with Gasteiger partial charge in [0.25, 0.3) is 0 Å². The molecule has 2 aliphatic rings. The second kappa shape index (κ2) is 6.50. The van der Waals surface area contributed by atoms with E-state index in [1.807, 2.05) is 0 Å². The molecule has 0 radical (unpaired) electrons. The van der Waals surface area contributed by atoms with Crippen molar-refractivity contribution in [3.05, 3.63) is 35.9 Å². The molecule has 1 saturated carbocycles. The molecule has 3 rings (SSSR count). The van der Waals surface area contributed by atoms with Gasteiger partial charge in [0.05, 0.1) is 0 Å². The molecule has 1 aliphatic carbocycles. The Morgan fingerprint density at radius 2 is 2.10 bits per heavy atom. The fourth-order valence-corrected chi connectivity index (χ4v) is 3.87. The lowest BCUT2D eigenvalue weighted by Gasteiger charge is -2.34. The summed E-state index contributed by atoms with van der Waals surface area (Å²) in [6.45, 7) is 4.77. The minimum Gasteiger partial charge on any atom is -0.311 e. The Morgan fingerprint density at radius 3 is 2.80 bits per heavy atom. The van der Waals surface area contributed by atoms with Crippen LogP contribution in [0.4, 0.5) is 0 Å². The van der Waals surface area contributed by atoms with Crippen molar-refractivity contribution in [1.29, 1.82) is 0 Å². The van der Waals surface area contributed by atoms with E-state index in [1.165, 1.54) is 50.9 Å². The van der Waals surface area contributed by atoms with Crippen molar-refractivity contribution >= 4 is 11.8 Å². The molecule has 0 aromatic heterocycles. The highest BCUT2D eigenvalue weighted by molar-refractivity contribution is 8.00. The van der Waals surface area contributed by atoms with Crippen LogP contribution in [0.3, 0.4) is 0 Å². The number of likely N-dealkylation sites (tertiary alicyclic amines) is 1. The largest absolute Gasteiger partial charge is 0.311 e. The van der Waals surface area contributed by atoms with Gasteiger partial charge in [-0.25, -0.2) is 0 Å². The summed E-state index contributed by atoms with van der Waals surface area (Å²) in [5, 5.41) is 3.83. The van der Waals surface area contributed by atoms with Gasteiger partial charge in [0.15, 0.2) is 0 Å². The van der Waals surface area contributed by atoms with E-state index in [2.05, 4.69) is 58.6 Å². The molecule has 0 bridgehead atoms. The minimum atomic E-state index is 0.585. The first-order valence-electron chi connectivity index (χ1n) is 7.84. The van der Waals surface area contributed by atoms with Crippen LogP contribution in [0.15, 0.2) is 30.3 Å². The highest BCUT2D eigenvalue weighted by Gasteiger charge is 2.41. The number of benzene rings is 1. The number of hydrogen-bond acceptors (Lipinski definition) is 3. The number of piperidine rings is 1. The fraction of sp³-hybridized carbons (Fsp3) is 0.647. The van der Waals surface area contributed by atoms with Gasteiger partial charge in [-0.3, -0.25) is 4.90 Å². The molecular formula is C17H26N2S. The molecule has 0 spiro atoms. The van der Waals surface area contributed by atoms with Crippen LogP contribution in [0.2, 0.25) is 0 Å². The molecular weight excluding hydrogens is 264 g/mol. The zero-order valence-corrected chi connectivity index (χ0v) is 13.3. The van der Waals surface area contributed by atoms with Crippen molar-refractivity contribution in [2.45, 2.75) is 43.0 Å². The Balaban J connectivity index is 1.46. The quantitative estimate of drug-likeness (QED) is 0.866. The smallest absolute Gasteiger partial charge is 0.0282 e. The van der Waals surface area contributed by atoms with Gasteiger partial charge < -0.3 is 5.32 Å². The standard InChI is InChI=1S/C17H26N2S/c1-20-17(9-10-17)14-18-16-8-5-11-19(13-16)12-15-6-3-2-4-7-15/h2-4,6-7,16,18H,5,8-14H2,1H3. The number of nitrogens with zero attached hydrogens (tertiary/aromatic N) is 1. The van der Waals surface area contributed by atoms with E-state index in [-0.39, 0.29) is 0 Å². The summed E-state index contributed by atoms with van der Waals surface area (Å²) in [4.78, 5) is 2.61. The predicted octanol–water partition coefficient (Wildman–Crippen LogP) is 3.14. The van der Waals surface area contributed by atoms with Crippen molar-refractivity contribution in [2.75, 3.05) is 25.9 Å². The molecule has 1 N–H and O–H groups in total. The average molecular weight is 290 g/mol. The Hall–Kier alpha value is -0.510. The van der Waals surface area contributed by atoms with Crippen molar-refractivity contribution in [3.63, 3.8) is 0 Å². The summed E-state index contributed by atoms with van der Waals surface area (Å²) in [6, 6.07) is 11.6. The molecule has 1 unspecified atom stereocenters. The molecule has 0 amide bonds. The maximum atomic E-state index is 3.83. The molecule has 1 aromatic carbocycles. The van der Waals surface area contributed by atoms with E-state index in [0.717, 1.165) is 6.54 Å². The topological polar surface area (TPSA) is 15.3 Å². The minimum absolute atomic E-state index is 0.585. The molecule has 2 fully saturated rings. The Bertz CT molecular complexity index is 416. The number of nitrogens with one attached hydrogen (secondary N) is 1. The number of rotatable bonds is 6. The summed E-state index contributed by atoms with van der Waals surface area (Å²) in [5.74, 6) is 0. The summed E-state index contributed by atoms with van der Waals surface area (Å²) in [7, 11) is 0. The van der Waals surface area contributed by atoms with Crippen LogP contribution in [0.1, 0.15) is 31.2 Å². The highest BCUT2D eigenvalue weighted by Crippen LogP contribution is 2.46. The van der Waals surface area contributed by atoms with Gasteiger partial charge in [0.1, 0.15) is 0 Å². The van der Waals surface area contributed by atoms with E-state index in [9.17, 15) is 0 Å². The normalized spacial score (nSPS) is 25.6. The maximum absolute atomic E-state index is 3.83. The lowest BCUT2D eigenvalue weighted by atomic mass is 10.0. The first-order valence-corrected chi connectivity index (χ1v) is 9.07. The second-order valence-corrected chi connectivity index (χ2v) is 7.60. The van der Waals surface area contributed by atoms with Crippen LogP contribution < -0.4 is 5.32 Å². The molecule has 20 heavy (non-hydrogen) atoms. The second-order valence-electron chi connectivity index (χ2n) is 6.33. The van der Waals surface area contributed by atoms with Crippen LogP contribution in [-0.4, -0.2) is 41.6 Å². The van der Waals surface area contributed by atoms with E-state index in [0.29, 0.717) is 10.8 Å². The van der Waals surface area contributed by atoms with Crippen molar-refractivity contribution in [1.82, 2.24) is 10.2 Å². The molecule has 110 valence electrons. The van der Waals surface area contributed by atoms with Gasteiger partial charge in [-0.2, -0.15) is 11.8 Å². The number of thioether (sulfide) groups is 1. The summed E-state index contributed by atoms with van der Waals surface area (Å²) in [6.07, 6.45) is 7.74. The molecule has 1 atom stereocenters. The molecule has 1 saturated heterocycles. The average Bonchev–Trinajstić information content (AvgIpc) is 3.27. The fourth-order valence-electron chi connectivity index (χ4n) is 3.13. The maximum Gasteiger partial charge on any atom is 0.0282 e. The molecule has 2 nitrogen and oxygen atoms in total. The predicted molar refractivity (Wildman–Crippen MR) is 88.2 cm³/mol. The lowest BCUT2D eigenvalue weighted by molar-refractivity contribution is 0.183. The van der Waals surface area contributed by atoms with Crippen LogP contribution in [-0.2, 0) is 6.54 Å². The van der Waals surface area contributed by atoms with Crippen LogP contribution in [0.25, 0.3) is 0 Å². The first-order chi connectivity index (χ1) is 9.80. The van der Waals surface area contributed by atoms with Crippen LogP contribution >= 0.6 is 11.8 Å². The molecule has 3 heteroatoms. The lowest BCUT2D eigenvalue weighted by Crippen LogP contribution is -2.47. The van der Waals surface area contributed by atoms with Gasteiger partial charge in [0, 0.05) is 30.4 Å². The third-order valence-corrected chi connectivity index (χ3v) is 6.13. The van der Waals surface area contributed by atoms with E-state index < -0.39 is 0 Å². The Kier molecular flexibility index (Phi) is 4.69. The first kappa shape index (κ1) is 14.4. The van der Waals surface area contributed by atoms with Gasteiger partial charge in [-0.1, -0.05) is 30.3 Å². The van der Waals surface area contributed by atoms with E-state index >= 15 is 0 Å². The van der Waals surface area contributed by atoms with Gasteiger partial charge >= 0.3 is 0 Å². The van der Waals surface area contributed by atoms with Gasteiger partial charge in [-0.05, 0) is 44.0 Å². The Labute approximate surface area is 127 Å². The Morgan fingerprint density at radius 1 is 1.30 bits per heavy atom.